The van der Waals surface area contributed by atoms with Crippen molar-refractivity contribution in [3.63, 3.8) is 0 Å². The maximum Gasteiger partial charge on any atom is 0.323 e. The number of benzene rings is 3. The molecule has 12 nitrogen and oxygen atoms in total. The van der Waals surface area contributed by atoms with Crippen molar-refractivity contribution >= 4 is 38.8 Å². The van der Waals surface area contributed by atoms with Crippen LogP contribution in [0.15, 0.2) is 87.6 Å². The number of hydrogen-bond donors (Lipinski definition) is 5. The lowest BCUT2D eigenvalue weighted by Crippen LogP contribution is -2.48. The predicted octanol–water partition coefficient (Wildman–Crippen LogP) is 2.12. The standard InChI is InChI=1S/C32H32F2N6O6S/c33-25-16-22-28(27(34)23(25)17-38-32-35-13-7-14-36-32)40(15-12-20-8-3-1-4-9-20)19-24(29(22)41)30(42)37-18-26(31(43)44)39-47(45,46)21-10-5-2-6-11-21/h1-6,8-11,16,19,26,39H,7,12-15,17-18H2,(H,37,42)(H,43,44)(H2,35,36,38). The molecular weight excluding hydrogens is 634 g/mol. The number of nitrogens with zero attached hydrogens (tertiary/aromatic N) is 2. The van der Waals surface area contributed by atoms with Gasteiger partial charge in [-0.25, -0.2) is 17.2 Å². The Kier molecular flexibility index (Phi) is 10.3. The van der Waals surface area contributed by atoms with Crippen molar-refractivity contribution < 1.29 is 31.9 Å². The zero-order valence-electron chi connectivity index (χ0n) is 25.0. The number of halogens is 2. The number of aliphatic imine (C=N–C) groups is 1. The maximum atomic E-state index is 16.1. The first kappa shape index (κ1) is 33.2. The van der Waals surface area contributed by atoms with Crippen molar-refractivity contribution in [3.8, 4) is 0 Å². The first-order chi connectivity index (χ1) is 22.5. The Morgan fingerprint density at radius 1 is 1.06 bits per heavy atom. The maximum absolute atomic E-state index is 16.1. The summed E-state index contributed by atoms with van der Waals surface area (Å²) in [6, 6.07) is 15.3. The van der Waals surface area contributed by atoms with Crippen molar-refractivity contribution in [1.29, 1.82) is 0 Å². The topological polar surface area (TPSA) is 171 Å². The van der Waals surface area contributed by atoms with Gasteiger partial charge < -0.3 is 25.6 Å². The molecule has 0 fully saturated rings. The highest BCUT2D eigenvalue weighted by molar-refractivity contribution is 7.89. The fourth-order valence-corrected chi connectivity index (χ4v) is 6.28. The Balaban J connectivity index is 1.46. The van der Waals surface area contributed by atoms with Crippen LogP contribution in [-0.2, 0) is 34.3 Å². The van der Waals surface area contributed by atoms with E-state index in [2.05, 4.69) is 20.9 Å². The summed E-state index contributed by atoms with van der Waals surface area (Å²) in [7, 11) is -4.27. The van der Waals surface area contributed by atoms with Gasteiger partial charge in [0, 0.05) is 44.5 Å². The van der Waals surface area contributed by atoms with Crippen molar-refractivity contribution in [2.24, 2.45) is 4.99 Å². The van der Waals surface area contributed by atoms with Crippen LogP contribution < -0.4 is 26.1 Å². The van der Waals surface area contributed by atoms with E-state index >= 15 is 8.78 Å². The van der Waals surface area contributed by atoms with E-state index < -0.39 is 62.5 Å². The molecule has 0 bridgehead atoms. The average molecular weight is 667 g/mol. The first-order valence-electron chi connectivity index (χ1n) is 14.7. The van der Waals surface area contributed by atoms with Crippen LogP contribution in [0, 0.1) is 11.6 Å². The van der Waals surface area contributed by atoms with E-state index in [-0.39, 0.29) is 29.1 Å². The number of carbonyl (C=O) groups is 2. The van der Waals surface area contributed by atoms with Crippen molar-refractivity contribution in [1.82, 2.24) is 25.2 Å². The summed E-state index contributed by atoms with van der Waals surface area (Å²) < 4.78 is 60.2. The molecule has 1 aromatic heterocycles. The minimum atomic E-state index is -4.27. The van der Waals surface area contributed by atoms with Crippen LogP contribution >= 0.6 is 0 Å². The van der Waals surface area contributed by atoms with Crippen LogP contribution in [0.5, 0.6) is 0 Å². The number of sulfonamides is 1. The van der Waals surface area contributed by atoms with Crippen LogP contribution in [-0.4, -0.2) is 61.6 Å². The lowest BCUT2D eigenvalue weighted by molar-refractivity contribution is -0.138. The summed E-state index contributed by atoms with van der Waals surface area (Å²) in [4.78, 5) is 42.8. The molecule has 4 aromatic rings. The number of carboxylic acids is 1. The summed E-state index contributed by atoms with van der Waals surface area (Å²) >= 11 is 0. The number of amides is 1. The van der Waals surface area contributed by atoms with E-state index in [1.165, 1.54) is 28.8 Å². The van der Waals surface area contributed by atoms with Gasteiger partial charge in [0.25, 0.3) is 5.91 Å². The number of aryl methyl sites for hydroxylation is 2. The van der Waals surface area contributed by atoms with Crippen LogP contribution in [0.1, 0.15) is 27.9 Å². The highest BCUT2D eigenvalue weighted by Gasteiger charge is 2.27. The zero-order chi connectivity index (χ0) is 33.6. The number of carboxylic acid groups (broad SMARTS) is 1. The number of nitrogens with one attached hydrogen (secondary N) is 4. The number of fused-ring (bicyclic) bond motifs is 1. The van der Waals surface area contributed by atoms with Crippen LogP contribution in [0.25, 0.3) is 10.9 Å². The molecule has 0 saturated heterocycles. The number of hydrogen-bond acceptors (Lipinski definition) is 8. The summed E-state index contributed by atoms with van der Waals surface area (Å²) in [6.45, 7) is 0.328. The van der Waals surface area contributed by atoms with Crippen LogP contribution in [0.3, 0.4) is 0 Å². The molecule has 47 heavy (non-hydrogen) atoms. The number of aliphatic carboxylic acids is 1. The molecule has 0 radical (unpaired) electrons. The molecule has 246 valence electrons. The number of rotatable bonds is 12. The van der Waals surface area contributed by atoms with Crippen molar-refractivity contribution in [2.75, 3.05) is 19.6 Å². The van der Waals surface area contributed by atoms with Gasteiger partial charge in [0.05, 0.1) is 15.8 Å². The number of guanidine groups is 1. The second kappa shape index (κ2) is 14.5. The molecule has 15 heteroatoms. The van der Waals surface area contributed by atoms with E-state index in [4.69, 9.17) is 0 Å². The zero-order valence-corrected chi connectivity index (χ0v) is 25.8. The van der Waals surface area contributed by atoms with Gasteiger partial charge in [0.2, 0.25) is 15.5 Å². The third kappa shape index (κ3) is 7.81. The Hall–Kier alpha value is -5.15. The fraction of sp³-hybridized carbons (Fsp3) is 0.250. The smallest absolute Gasteiger partial charge is 0.323 e. The second-order valence-electron chi connectivity index (χ2n) is 10.7. The molecule has 0 saturated carbocycles. The Morgan fingerprint density at radius 2 is 1.77 bits per heavy atom. The van der Waals surface area contributed by atoms with Gasteiger partial charge in [0.15, 0.2) is 11.8 Å². The second-order valence-corrected chi connectivity index (χ2v) is 12.5. The van der Waals surface area contributed by atoms with E-state index in [1.54, 1.807) is 6.07 Å². The molecule has 1 atom stereocenters. The molecular formula is C32H32F2N6O6S. The lowest BCUT2D eigenvalue weighted by Gasteiger charge is -2.19. The molecule has 5 N–H and O–H groups in total. The normalized spacial score (nSPS) is 13.8. The van der Waals surface area contributed by atoms with Gasteiger partial charge in [-0.15, -0.1) is 0 Å². The van der Waals surface area contributed by atoms with Gasteiger partial charge in [-0.05, 0) is 36.6 Å². The monoisotopic (exact) mass is 666 g/mol. The van der Waals surface area contributed by atoms with E-state index in [0.29, 0.717) is 25.5 Å². The summed E-state index contributed by atoms with van der Waals surface area (Å²) in [5.74, 6) is -4.23. The largest absolute Gasteiger partial charge is 0.480 e. The molecule has 1 unspecified atom stereocenters. The van der Waals surface area contributed by atoms with Crippen molar-refractivity contribution in [3.05, 3.63) is 111 Å². The van der Waals surface area contributed by atoms with E-state index in [0.717, 1.165) is 24.2 Å². The number of pyridine rings is 1. The Bertz CT molecular complexity index is 1990. The lowest BCUT2D eigenvalue weighted by atomic mass is 10.0. The van der Waals surface area contributed by atoms with E-state index in [1.807, 2.05) is 35.1 Å². The molecule has 3 aromatic carbocycles. The van der Waals surface area contributed by atoms with E-state index in [9.17, 15) is 27.9 Å². The van der Waals surface area contributed by atoms with Crippen LogP contribution in [0.4, 0.5) is 8.78 Å². The minimum Gasteiger partial charge on any atom is -0.480 e. The Morgan fingerprint density at radius 3 is 2.43 bits per heavy atom. The molecule has 1 aliphatic heterocycles. The third-order valence-corrected chi connectivity index (χ3v) is 9.01. The molecule has 1 amide bonds. The number of aromatic nitrogens is 1. The predicted molar refractivity (Wildman–Crippen MR) is 171 cm³/mol. The highest BCUT2D eigenvalue weighted by Crippen LogP contribution is 2.24. The van der Waals surface area contributed by atoms with Gasteiger partial charge >= 0.3 is 5.97 Å². The third-order valence-electron chi connectivity index (χ3n) is 7.52. The summed E-state index contributed by atoms with van der Waals surface area (Å²) in [5.41, 5.74) is -1.15. The summed E-state index contributed by atoms with van der Waals surface area (Å²) in [6.07, 6.45) is 2.33. The SMILES string of the molecule is O=C(NCC(NS(=O)(=O)c1ccccc1)C(=O)O)c1cn(CCc2ccccc2)c2c(F)c(CNC3=NCCCN3)c(F)cc2c1=O. The van der Waals surface area contributed by atoms with Gasteiger partial charge in [0.1, 0.15) is 17.4 Å². The first-order valence-corrected chi connectivity index (χ1v) is 16.2. The van der Waals surface area contributed by atoms with Crippen molar-refractivity contribution in [2.45, 2.75) is 36.9 Å². The minimum absolute atomic E-state index is 0.0966. The molecule has 1 aliphatic rings. The average Bonchev–Trinajstić information content (AvgIpc) is 3.07. The summed E-state index contributed by atoms with van der Waals surface area (Å²) in [5, 5.41) is 17.4. The Labute approximate surface area is 268 Å². The number of carbonyl (C=O) groups excluding carboxylic acids is 1. The van der Waals surface area contributed by atoms with Gasteiger partial charge in [-0.1, -0.05) is 48.5 Å². The van der Waals surface area contributed by atoms with Gasteiger partial charge in [-0.3, -0.25) is 19.4 Å². The molecule has 2 heterocycles. The fourth-order valence-electron chi connectivity index (χ4n) is 5.07. The highest BCUT2D eigenvalue weighted by atomic mass is 32.2. The quantitative estimate of drug-likeness (QED) is 0.153. The molecule has 0 spiro atoms. The van der Waals surface area contributed by atoms with Gasteiger partial charge in [-0.2, -0.15) is 4.72 Å². The van der Waals surface area contributed by atoms with Crippen LogP contribution in [0.2, 0.25) is 0 Å². The molecule has 5 rings (SSSR count). The molecule has 0 aliphatic carbocycles.